The molecular formula is C23H25F4N7O2. The molecular weight excluding hydrogens is 482 g/mol. The number of anilines is 2. The maximum atomic E-state index is 14.2. The Morgan fingerprint density at radius 1 is 1.08 bits per heavy atom. The molecule has 2 atom stereocenters. The molecule has 5 rings (SSSR count). The molecule has 0 bridgehead atoms. The number of benzene rings is 1. The van der Waals surface area contributed by atoms with Crippen LogP contribution in [0.3, 0.4) is 0 Å². The van der Waals surface area contributed by atoms with Crippen molar-refractivity contribution in [1.29, 1.82) is 0 Å². The van der Waals surface area contributed by atoms with Crippen molar-refractivity contribution < 1.29 is 26.8 Å². The lowest BCUT2D eigenvalue weighted by Crippen LogP contribution is -2.35. The molecule has 3 aromatic rings. The van der Waals surface area contributed by atoms with Gasteiger partial charge < -0.3 is 24.8 Å². The number of nitrogens with zero attached hydrogens (tertiary/aromatic N) is 6. The zero-order valence-electron chi connectivity index (χ0n) is 19.2. The first kappa shape index (κ1) is 24.2. The maximum absolute atomic E-state index is 14.2. The Morgan fingerprint density at radius 3 is 2.53 bits per heavy atom. The number of nitrogens with two attached hydrogens (primary N) is 1. The van der Waals surface area contributed by atoms with E-state index < -0.39 is 23.9 Å². The summed E-state index contributed by atoms with van der Waals surface area (Å²) in [5.74, 6) is -0.757. The maximum Gasteiger partial charge on any atom is 0.324 e. The van der Waals surface area contributed by atoms with Gasteiger partial charge in [-0.05, 0) is 42.5 Å². The van der Waals surface area contributed by atoms with Crippen LogP contribution < -0.4 is 20.3 Å². The number of aromatic nitrogens is 4. The van der Waals surface area contributed by atoms with E-state index in [-0.39, 0.29) is 29.5 Å². The van der Waals surface area contributed by atoms with E-state index in [9.17, 15) is 17.6 Å². The summed E-state index contributed by atoms with van der Waals surface area (Å²) < 4.78 is 63.9. The van der Waals surface area contributed by atoms with E-state index in [1.165, 1.54) is 6.07 Å². The summed E-state index contributed by atoms with van der Waals surface area (Å²) in [7, 11) is 0. The van der Waals surface area contributed by atoms with Gasteiger partial charge in [0.2, 0.25) is 11.8 Å². The number of alkyl halides is 2. The SMILES string of the molecule is NC1CN(c2ncc(OCC3CCN(c4nc(C(F)F)no4)CC3)cn2)CC1c1cc(F)ccc1F. The molecule has 2 aliphatic heterocycles. The molecule has 36 heavy (non-hydrogen) atoms. The number of hydrogen-bond acceptors (Lipinski definition) is 9. The smallest absolute Gasteiger partial charge is 0.324 e. The van der Waals surface area contributed by atoms with E-state index in [0.29, 0.717) is 44.5 Å². The van der Waals surface area contributed by atoms with E-state index in [0.717, 1.165) is 25.0 Å². The summed E-state index contributed by atoms with van der Waals surface area (Å²) in [5.41, 5.74) is 6.47. The van der Waals surface area contributed by atoms with E-state index in [1.807, 2.05) is 4.90 Å². The fourth-order valence-electron chi connectivity index (χ4n) is 4.62. The Balaban J connectivity index is 1.11. The molecule has 0 aliphatic carbocycles. The van der Waals surface area contributed by atoms with Gasteiger partial charge in [-0.25, -0.2) is 27.5 Å². The molecule has 0 amide bonds. The summed E-state index contributed by atoms with van der Waals surface area (Å²) >= 11 is 0. The van der Waals surface area contributed by atoms with Gasteiger partial charge in [-0.3, -0.25) is 0 Å². The van der Waals surface area contributed by atoms with Crippen molar-refractivity contribution in [3.63, 3.8) is 0 Å². The van der Waals surface area contributed by atoms with Crippen LogP contribution in [0.4, 0.5) is 29.5 Å². The van der Waals surface area contributed by atoms with Crippen LogP contribution in [0.15, 0.2) is 35.1 Å². The van der Waals surface area contributed by atoms with Gasteiger partial charge >= 0.3 is 12.4 Å². The Kier molecular flexibility index (Phi) is 6.90. The van der Waals surface area contributed by atoms with Gasteiger partial charge in [-0.15, -0.1) is 0 Å². The zero-order chi connectivity index (χ0) is 25.2. The van der Waals surface area contributed by atoms with Gasteiger partial charge in [0.25, 0.3) is 0 Å². The molecule has 9 nitrogen and oxygen atoms in total. The van der Waals surface area contributed by atoms with Crippen LogP contribution in [-0.4, -0.2) is 58.9 Å². The highest BCUT2D eigenvalue weighted by Crippen LogP contribution is 2.31. The second kappa shape index (κ2) is 10.2. The molecule has 4 heterocycles. The molecule has 1 aromatic carbocycles. The predicted octanol–water partition coefficient (Wildman–Crippen LogP) is 3.30. The third-order valence-corrected chi connectivity index (χ3v) is 6.62. The zero-order valence-corrected chi connectivity index (χ0v) is 19.2. The summed E-state index contributed by atoms with van der Waals surface area (Å²) in [4.78, 5) is 16.1. The van der Waals surface area contributed by atoms with Crippen LogP contribution in [0.2, 0.25) is 0 Å². The van der Waals surface area contributed by atoms with Crippen molar-refractivity contribution in [2.75, 3.05) is 42.6 Å². The van der Waals surface area contributed by atoms with Crippen molar-refractivity contribution in [2.24, 2.45) is 11.7 Å². The quantitative estimate of drug-likeness (QED) is 0.482. The minimum absolute atomic E-state index is 0.109. The highest BCUT2D eigenvalue weighted by Gasteiger charge is 2.34. The predicted molar refractivity (Wildman–Crippen MR) is 121 cm³/mol. The molecule has 192 valence electrons. The van der Waals surface area contributed by atoms with Crippen LogP contribution in [0.5, 0.6) is 5.75 Å². The Bertz CT molecular complexity index is 1170. The average molecular weight is 507 g/mol. The van der Waals surface area contributed by atoms with Gasteiger partial charge in [0.1, 0.15) is 11.6 Å². The second-order valence-electron chi connectivity index (χ2n) is 9.04. The average Bonchev–Trinajstić information content (AvgIpc) is 3.52. The molecule has 2 N–H and O–H groups in total. The Labute approximate surface area is 204 Å². The Morgan fingerprint density at radius 2 is 1.83 bits per heavy atom. The first-order valence-electron chi connectivity index (χ1n) is 11.6. The Hall–Kier alpha value is -3.48. The van der Waals surface area contributed by atoms with Crippen LogP contribution >= 0.6 is 0 Å². The van der Waals surface area contributed by atoms with Crippen molar-refractivity contribution in [3.8, 4) is 5.75 Å². The van der Waals surface area contributed by atoms with Crippen molar-refractivity contribution in [3.05, 3.63) is 53.6 Å². The molecule has 0 saturated carbocycles. The summed E-state index contributed by atoms with van der Waals surface area (Å²) in [6, 6.07) is 3.11. The van der Waals surface area contributed by atoms with Gasteiger partial charge in [0.15, 0.2) is 5.75 Å². The van der Waals surface area contributed by atoms with Crippen LogP contribution in [0.25, 0.3) is 0 Å². The highest BCUT2D eigenvalue weighted by atomic mass is 19.3. The first-order valence-corrected chi connectivity index (χ1v) is 11.6. The number of ether oxygens (including phenoxy) is 1. The van der Waals surface area contributed by atoms with E-state index in [1.54, 1.807) is 17.3 Å². The van der Waals surface area contributed by atoms with E-state index >= 15 is 0 Å². The molecule has 2 fully saturated rings. The second-order valence-corrected chi connectivity index (χ2v) is 9.04. The highest BCUT2D eigenvalue weighted by molar-refractivity contribution is 5.39. The van der Waals surface area contributed by atoms with E-state index in [2.05, 4.69) is 20.1 Å². The molecule has 2 aliphatic rings. The molecule has 2 unspecified atom stereocenters. The van der Waals surface area contributed by atoms with E-state index in [4.69, 9.17) is 15.0 Å². The van der Waals surface area contributed by atoms with Gasteiger partial charge in [0.05, 0.1) is 19.0 Å². The largest absolute Gasteiger partial charge is 0.490 e. The number of rotatable bonds is 7. The van der Waals surface area contributed by atoms with Crippen molar-refractivity contribution >= 4 is 12.0 Å². The van der Waals surface area contributed by atoms with Crippen molar-refractivity contribution in [2.45, 2.75) is 31.2 Å². The minimum Gasteiger partial charge on any atom is -0.490 e. The lowest BCUT2D eigenvalue weighted by atomic mass is 9.94. The first-order chi connectivity index (χ1) is 17.4. The summed E-state index contributed by atoms with van der Waals surface area (Å²) in [6.07, 6.45) is 1.93. The van der Waals surface area contributed by atoms with Gasteiger partial charge in [-0.1, -0.05) is 5.16 Å². The third kappa shape index (κ3) is 5.20. The summed E-state index contributed by atoms with van der Waals surface area (Å²) in [5, 5.41) is 3.29. The van der Waals surface area contributed by atoms with Crippen LogP contribution in [0.1, 0.15) is 36.6 Å². The lowest BCUT2D eigenvalue weighted by Gasteiger charge is -2.30. The minimum atomic E-state index is -2.76. The number of piperidine rings is 1. The topological polar surface area (TPSA) is 106 Å². The molecule has 13 heteroatoms. The van der Waals surface area contributed by atoms with Crippen molar-refractivity contribution in [1.82, 2.24) is 20.1 Å². The molecule has 0 radical (unpaired) electrons. The fourth-order valence-corrected chi connectivity index (χ4v) is 4.62. The monoisotopic (exact) mass is 507 g/mol. The number of hydrogen-bond donors (Lipinski definition) is 1. The van der Waals surface area contributed by atoms with Gasteiger partial charge in [-0.2, -0.15) is 4.98 Å². The normalized spacial score (nSPS) is 20.9. The third-order valence-electron chi connectivity index (χ3n) is 6.62. The number of halogens is 4. The van der Waals surface area contributed by atoms with Crippen LogP contribution in [-0.2, 0) is 0 Å². The summed E-state index contributed by atoms with van der Waals surface area (Å²) in [6.45, 7) is 2.43. The fraction of sp³-hybridized carbons (Fsp3) is 0.478. The molecule has 0 spiro atoms. The molecule has 2 saturated heterocycles. The standard InChI is InChI=1S/C23H25F4N7O2/c24-14-1-2-18(25)16(7-14)17-10-34(11-19(17)28)22-29-8-15(9-30-22)35-12-13-3-5-33(6-4-13)23-31-21(20(26)27)32-36-23/h1-2,7-9,13,17,19-20H,3-6,10-12,28H2. The molecule has 2 aromatic heterocycles. The lowest BCUT2D eigenvalue weighted by molar-refractivity contribution is 0.136. The van der Waals surface area contributed by atoms with Gasteiger partial charge in [0, 0.05) is 38.1 Å². The van der Waals surface area contributed by atoms with Crippen LogP contribution in [0, 0.1) is 17.6 Å².